The lowest BCUT2D eigenvalue weighted by Gasteiger charge is -2.08. The summed E-state index contributed by atoms with van der Waals surface area (Å²) in [6, 6.07) is 0.339. The summed E-state index contributed by atoms with van der Waals surface area (Å²) in [5.74, 6) is 1.63. The minimum atomic E-state index is 0.339. The van der Waals surface area contributed by atoms with Gasteiger partial charge in [0.15, 0.2) is 5.75 Å². The summed E-state index contributed by atoms with van der Waals surface area (Å²) in [6.07, 6.45) is 5.83. The first kappa shape index (κ1) is 9.40. The van der Waals surface area contributed by atoms with Gasteiger partial charge in [0.25, 0.3) is 0 Å². The Morgan fingerprint density at radius 1 is 1.50 bits per heavy atom. The third-order valence-corrected chi connectivity index (χ3v) is 2.33. The fourth-order valence-corrected chi connectivity index (χ4v) is 1.65. The number of ether oxygens (including phenoxy) is 1. The summed E-state index contributed by atoms with van der Waals surface area (Å²) in [6.45, 7) is 3.68. The summed E-state index contributed by atoms with van der Waals surface area (Å²) in [5.41, 5.74) is 0. The molecule has 2 heterocycles. The van der Waals surface area contributed by atoms with Crippen molar-refractivity contribution in [2.24, 2.45) is 0 Å². The number of hydrogen-bond acceptors (Lipinski definition) is 4. The van der Waals surface area contributed by atoms with E-state index in [0.29, 0.717) is 12.6 Å². The Kier molecular flexibility index (Phi) is 2.93. The molecule has 0 saturated carbocycles. The normalized spacial score (nSPS) is 21.1. The molecule has 14 heavy (non-hydrogen) atoms. The third kappa shape index (κ3) is 2.01. The maximum Gasteiger partial charge on any atom is 0.155 e. The predicted octanol–water partition coefficient (Wildman–Crippen LogP) is 1.30. The number of nitrogens with zero attached hydrogens (tertiary/aromatic N) is 2. The van der Waals surface area contributed by atoms with E-state index in [0.717, 1.165) is 24.5 Å². The minimum Gasteiger partial charge on any atom is -0.491 e. The molecule has 1 aromatic rings. The van der Waals surface area contributed by atoms with Crippen LogP contribution in [0.1, 0.15) is 31.6 Å². The third-order valence-electron chi connectivity index (χ3n) is 2.33. The molecule has 4 nitrogen and oxygen atoms in total. The Labute approximate surface area is 83.7 Å². The second kappa shape index (κ2) is 4.37. The van der Waals surface area contributed by atoms with E-state index in [2.05, 4.69) is 15.3 Å². The van der Waals surface area contributed by atoms with Gasteiger partial charge in [0.2, 0.25) is 0 Å². The SMILES string of the molecule is CCOc1cnc(C2CCCN2)nc1. The molecule has 0 spiro atoms. The molecule has 4 heteroatoms. The minimum absolute atomic E-state index is 0.339. The molecule has 1 atom stereocenters. The highest BCUT2D eigenvalue weighted by atomic mass is 16.5. The van der Waals surface area contributed by atoms with E-state index >= 15 is 0 Å². The first-order valence-electron chi connectivity index (χ1n) is 5.08. The van der Waals surface area contributed by atoms with Crippen LogP contribution < -0.4 is 10.1 Å². The van der Waals surface area contributed by atoms with Gasteiger partial charge in [-0.15, -0.1) is 0 Å². The summed E-state index contributed by atoms with van der Waals surface area (Å²) >= 11 is 0. The van der Waals surface area contributed by atoms with Gasteiger partial charge in [-0.2, -0.15) is 0 Å². The second-order valence-electron chi connectivity index (χ2n) is 3.36. The number of nitrogens with one attached hydrogen (secondary N) is 1. The molecular formula is C10H15N3O. The standard InChI is InChI=1S/C10H15N3O/c1-2-14-8-6-12-10(13-7-8)9-4-3-5-11-9/h6-7,9,11H,2-5H2,1H3. The van der Waals surface area contributed by atoms with Crippen LogP contribution in [0.3, 0.4) is 0 Å². The molecule has 1 aliphatic heterocycles. The molecule has 1 fully saturated rings. The average Bonchev–Trinajstić information content (AvgIpc) is 2.72. The Hall–Kier alpha value is -1.16. The van der Waals surface area contributed by atoms with Crippen LogP contribution in [0.25, 0.3) is 0 Å². The smallest absolute Gasteiger partial charge is 0.155 e. The van der Waals surface area contributed by atoms with E-state index < -0.39 is 0 Å². The van der Waals surface area contributed by atoms with Crippen LogP contribution in [0.4, 0.5) is 0 Å². The van der Waals surface area contributed by atoms with E-state index in [1.807, 2.05) is 6.92 Å². The average molecular weight is 193 g/mol. The zero-order chi connectivity index (χ0) is 9.80. The molecule has 0 bridgehead atoms. The van der Waals surface area contributed by atoms with Crippen LogP contribution in [0.2, 0.25) is 0 Å². The van der Waals surface area contributed by atoms with Gasteiger partial charge in [0.05, 0.1) is 25.0 Å². The van der Waals surface area contributed by atoms with Crippen molar-refractivity contribution < 1.29 is 4.74 Å². The van der Waals surface area contributed by atoms with Crippen LogP contribution in [0, 0.1) is 0 Å². The zero-order valence-electron chi connectivity index (χ0n) is 8.36. The van der Waals surface area contributed by atoms with E-state index in [4.69, 9.17) is 4.74 Å². The largest absolute Gasteiger partial charge is 0.491 e. The second-order valence-corrected chi connectivity index (χ2v) is 3.36. The van der Waals surface area contributed by atoms with Crippen LogP contribution in [0.5, 0.6) is 5.75 Å². The fraction of sp³-hybridized carbons (Fsp3) is 0.600. The molecule has 1 aromatic heterocycles. The van der Waals surface area contributed by atoms with Gasteiger partial charge in [0.1, 0.15) is 5.82 Å². The van der Waals surface area contributed by atoms with Crippen molar-refractivity contribution in [1.82, 2.24) is 15.3 Å². The van der Waals surface area contributed by atoms with Gasteiger partial charge < -0.3 is 10.1 Å². The first-order chi connectivity index (χ1) is 6.90. The predicted molar refractivity (Wildman–Crippen MR) is 53.2 cm³/mol. The van der Waals surface area contributed by atoms with E-state index in [-0.39, 0.29) is 0 Å². The zero-order valence-corrected chi connectivity index (χ0v) is 8.36. The fourth-order valence-electron chi connectivity index (χ4n) is 1.65. The van der Waals surface area contributed by atoms with Crippen LogP contribution >= 0.6 is 0 Å². The highest BCUT2D eigenvalue weighted by Crippen LogP contribution is 2.20. The van der Waals surface area contributed by atoms with Gasteiger partial charge in [-0.1, -0.05) is 0 Å². The number of rotatable bonds is 3. The molecule has 1 N–H and O–H groups in total. The molecule has 0 amide bonds. The van der Waals surface area contributed by atoms with Crippen LogP contribution in [-0.4, -0.2) is 23.1 Å². The molecule has 0 aromatic carbocycles. The lowest BCUT2D eigenvalue weighted by molar-refractivity contribution is 0.336. The quantitative estimate of drug-likeness (QED) is 0.786. The highest BCUT2D eigenvalue weighted by molar-refractivity contribution is 5.13. The lowest BCUT2D eigenvalue weighted by atomic mass is 10.2. The monoisotopic (exact) mass is 193 g/mol. The molecule has 1 saturated heterocycles. The summed E-state index contributed by atoms with van der Waals surface area (Å²) in [5, 5.41) is 3.36. The lowest BCUT2D eigenvalue weighted by Crippen LogP contribution is -2.15. The van der Waals surface area contributed by atoms with Gasteiger partial charge in [0, 0.05) is 0 Å². The van der Waals surface area contributed by atoms with Crippen LogP contribution in [0.15, 0.2) is 12.4 Å². The van der Waals surface area contributed by atoms with E-state index in [1.54, 1.807) is 12.4 Å². The van der Waals surface area contributed by atoms with Crippen LogP contribution in [-0.2, 0) is 0 Å². The summed E-state index contributed by atoms with van der Waals surface area (Å²) in [4.78, 5) is 8.56. The van der Waals surface area contributed by atoms with Crippen molar-refractivity contribution >= 4 is 0 Å². The van der Waals surface area contributed by atoms with Crippen molar-refractivity contribution in [2.75, 3.05) is 13.2 Å². The van der Waals surface area contributed by atoms with Gasteiger partial charge in [-0.05, 0) is 26.3 Å². The molecule has 76 valence electrons. The van der Waals surface area contributed by atoms with Gasteiger partial charge >= 0.3 is 0 Å². The summed E-state index contributed by atoms with van der Waals surface area (Å²) < 4.78 is 5.28. The van der Waals surface area contributed by atoms with Crippen molar-refractivity contribution in [3.05, 3.63) is 18.2 Å². The van der Waals surface area contributed by atoms with Crippen molar-refractivity contribution in [3.8, 4) is 5.75 Å². The molecular weight excluding hydrogens is 178 g/mol. The van der Waals surface area contributed by atoms with Gasteiger partial charge in [-0.25, -0.2) is 9.97 Å². The molecule has 1 unspecified atom stereocenters. The molecule has 0 aliphatic carbocycles. The van der Waals surface area contributed by atoms with E-state index in [1.165, 1.54) is 6.42 Å². The van der Waals surface area contributed by atoms with Crippen molar-refractivity contribution in [2.45, 2.75) is 25.8 Å². The van der Waals surface area contributed by atoms with Crippen molar-refractivity contribution in [3.63, 3.8) is 0 Å². The molecule has 1 aliphatic rings. The topological polar surface area (TPSA) is 47.0 Å². The Morgan fingerprint density at radius 2 is 2.29 bits per heavy atom. The number of aromatic nitrogens is 2. The Morgan fingerprint density at radius 3 is 2.86 bits per heavy atom. The maximum atomic E-state index is 5.28. The van der Waals surface area contributed by atoms with E-state index in [9.17, 15) is 0 Å². The molecule has 2 rings (SSSR count). The maximum absolute atomic E-state index is 5.28. The first-order valence-corrected chi connectivity index (χ1v) is 5.08. The highest BCUT2D eigenvalue weighted by Gasteiger charge is 2.18. The molecule has 0 radical (unpaired) electrons. The Balaban J connectivity index is 2.05. The van der Waals surface area contributed by atoms with Gasteiger partial charge in [-0.3, -0.25) is 0 Å². The summed E-state index contributed by atoms with van der Waals surface area (Å²) in [7, 11) is 0. The van der Waals surface area contributed by atoms with Crippen molar-refractivity contribution in [1.29, 1.82) is 0 Å². The number of hydrogen-bond donors (Lipinski definition) is 1. The Bertz CT molecular complexity index is 280.